The molecule has 1 heterocycles. The van der Waals surface area contributed by atoms with Crippen molar-refractivity contribution in [2.24, 2.45) is 0 Å². The Morgan fingerprint density at radius 1 is 1.35 bits per heavy atom. The van der Waals surface area contributed by atoms with Gasteiger partial charge in [0.05, 0.1) is 15.9 Å². The average Bonchev–Trinajstić information content (AvgIpc) is 2.75. The maximum absolute atomic E-state index is 6.02. The molecule has 1 fully saturated rings. The summed E-state index contributed by atoms with van der Waals surface area (Å²) in [4.78, 5) is 2.56. The number of hydrogen-bond donors (Lipinski definition) is 0. The maximum Gasteiger partial charge on any atom is 0.0739 e. The first-order chi connectivity index (χ1) is 9.67. The summed E-state index contributed by atoms with van der Waals surface area (Å²) < 4.78 is 3.28. The van der Waals surface area contributed by atoms with E-state index in [0.717, 1.165) is 29.8 Å². The molecule has 1 aromatic rings. The van der Waals surface area contributed by atoms with Gasteiger partial charge in [-0.05, 0) is 42.6 Å². The van der Waals surface area contributed by atoms with Crippen LogP contribution in [-0.4, -0.2) is 33.1 Å². The van der Waals surface area contributed by atoms with Gasteiger partial charge in [0.1, 0.15) is 0 Å². The molecule has 0 saturated heterocycles. The third-order valence-corrected chi connectivity index (χ3v) is 5.47. The predicted octanol–water partition coefficient (Wildman–Crippen LogP) is 4.35. The highest BCUT2D eigenvalue weighted by Gasteiger charge is 2.23. The second-order valence-electron chi connectivity index (χ2n) is 5.61. The molecular formula is C15H25BrClN3. The van der Waals surface area contributed by atoms with Crippen LogP contribution in [0.25, 0.3) is 0 Å². The molecule has 0 aliphatic heterocycles. The Hall–Kier alpha value is -0.0600. The van der Waals surface area contributed by atoms with Crippen molar-refractivity contribution in [1.29, 1.82) is 0 Å². The van der Waals surface area contributed by atoms with E-state index in [9.17, 15) is 0 Å². The molecule has 1 aliphatic carbocycles. The SMILES string of the molecule is CCn1nc(C)c(Br)c1CN(CCCl)C1CCCCC1. The van der Waals surface area contributed by atoms with Crippen molar-refractivity contribution >= 4 is 27.5 Å². The van der Waals surface area contributed by atoms with Crippen molar-refractivity contribution in [3.05, 3.63) is 15.9 Å². The van der Waals surface area contributed by atoms with Gasteiger partial charge in [-0.15, -0.1) is 11.6 Å². The van der Waals surface area contributed by atoms with Crippen LogP contribution in [0, 0.1) is 6.92 Å². The highest BCUT2D eigenvalue weighted by molar-refractivity contribution is 9.10. The van der Waals surface area contributed by atoms with Crippen LogP contribution in [0.5, 0.6) is 0 Å². The molecule has 0 unspecified atom stereocenters. The Labute approximate surface area is 135 Å². The zero-order chi connectivity index (χ0) is 14.5. The largest absolute Gasteiger partial charge is 0.293 e. The van der Waals surface area contributed by atoms with Crippen molar-refractivity contribution in [1.82, 2.24) is 14.7 Å². The minimum Gasteiger partial charge on any atom is -0.293 e. The Kier molecular flexibility index (Phi) is 6.37. The van der Waals surface area contributed by atoms with E-state index in [4.69, 9.17) is 11.6 Å². The minimum absolute atomic E-state index is 0.690. The molecule has 20 heavy (non-hydrogen) atoms. The van der Waals surface area contributed by atoms with Crippen LogP contribution >= 0.6 is 27.5 Å². The Morgan fingerprint density at radius 2 is 2.05 bits per heavy atom. The number of aryl methyl sites for hydroxylation is 2. The van der Waals surface area contributed by atoms with Gasteiger partial charge in [-0.2, -0.15) is 5.10 Å². The molecule has 1 aliphatic rings. The normalized spacial score (nSPS) is 17.1. The fourth-order valence-corrected chi connectivity index (χ4v) is 3.78. The number of halogens is 2. The monoisotopic (exact) mass is 361 g/mol. The molecule has 0 amide bonds. The summed E-state index contributed by atoms with van der Waals surface area (Å²) in [7, 11) is 0. The quantitative estimate of drug-likeness (QED) is 0.702. The van der Waals surface area contributed by atoms with E-state index in [2.05, 4.69) is 44.5 Å². The van der Waals surface area contributed by atoms with Gasteiger partial charge in [-0.1, -0.05) is 19.3 Å². The van der Waals surface area contributed by atoms with Gasteiger partial charge in [0.2, 0.25) is 0 Å². The summed E-state index contributed by atoms with van der Waals surface area (Å²) >= 11 is 9.73. The molecule has 1 aromatic heterocycles. The van der Waals surface area contributed by atoms with E-state index in [-0.39, 0.29) is 0 Å². The lowest BCUT2D eigenvalue weighted by Gasteiger charge is -2.34. The highest BCUT2D eigenvalue weighted by atomic mass is 79.9. The summed E-state index contributed by atoms with van der Waals surface area (Å²) in [6.45, 7) is 7.04. The van der Waals surface area contributed by atoms with Gasteiger partial charge in [-0.25, -0.2) is 0 Å². The van der Waals surface area contributed by atoms with Crippen molar-refractivity contribution in [2.45, 2.75) is 65.1 Å². The van der Waals surface area contributed by atoms with Crippen LogP contribution in [-0.2, 0) is 13.1 Å². The molecule has 0 radical (unpaired) electrons. The van der Waals surface area contributed by atoms with E-state index in [1.807, 2.05) is 0 Å². The maximum atomic E-state index is 6.02. The third kappa shape index (κ3) is 3.77. The molecule has 0 spiro atoms. The molecule has 0 aromatic carbocycles. The second-order valence-corrected chi connectivity index (χ2v) is 6.78. The molecule has 5 heteroatoms. The lowest BCUT2D eigenvalue weighted by Crippen LogP contribution is -2.38. The van der Waals surface area contributed by atoms with Crippen LogP contribution < -0.4 is 0 Å². The smallest absolute Gasteiger partial charge is 0.0739 e. The van der Waals surface area contributed by atoms with Crippen LogP contribution in [0.15, 0.2) is 4.47 Å². The van der Waals surface area contributed by atoms with Gasteiger partial charge in [0.15, 0.2) is 0 Å². The van der Waals surface area contributed by atoms with Crippen LogP contribution in [0.2, 0.25) is 0 Å². The molecular weight excluding hydrogens is 338 g/mol. The zero-order valence-electron chi connectivity index (χ0n) is 12.5. The van der Waals surface area contributed by atoms with Gasteiger partial charge in [0.25, 0.3) is 0 Å². The van der Waals surface area contributed by atoms with Crippen LogP contribution in [0.1, 0.15) is 50.4 Å². The number of rotatable bonds is 6. The standard InChI is InChI=1S/C15H25BrClN3/c1-3-20-14(15(16)12(2)18-20)11-19(10-9-17)13-7-5-4-6-8-13/h13H,3-11H2,1-2H3. The first-order valence-corrected chi connectivity index (χ1v) is 9.02. The van der Waals surface area contributed by atoms with Gasteiger partial charge < -0.3 is 0 Å². The minimum atomic E-state index is 0.690. The molecule has 0 N–H and O–H groups in total. The van der Waals surface area contributed by atoms with Crippen molar-refractivity contribution in [3.63, 3.8) is 0 Å². The lowest BCUT2D eigenvalue weighted by molar-refractivity contribution is 0.152. The Balaban J connectivity index is 2.14. The topological polar surface area (TPSA) is 21.1 Å². The van der Waals surface area contributed by atoms with Gasteiger partial charge in [-0.3, -0.25) is 9.58 Å². The zero-order valence-corrected chi connectivity index (χ0v) is 14.9. The average molecular weight is 363 g/mol. The Bertz CT molecular complexity index is 427. The Morgan fingerprint density at radius 3 is 2.65 bits per heavy atom. The predicted molar refractivity (Wildman–Crippen MR) is 88.3 cm³/mol. The third-order valence-electron chi connectivity index (χ3n) is 4.27. The summed E-state index contributed by atoms with van der Waals surface area (Å²) in [5.74, 6) is 0.702. The van der Waals surface area contributed by atoms with E-state index in [1.54, 1.807) is 0 Å². The van der Waals surface area contributed by atoms with E-state index < -0.39 is 0 Å². The first-order valence-electron chi connectivity index (χ1n) is 7.69. The van der Waals surface area contributed by atoms with Crippen LogP contribution in [0.4, 0.5) is 0 Å². The van der Waals surface area contributed by atoms with Gasteiger partial charge >= 0.3 is 0 Å². The van der Waals surface area contributed by atoms with Crippen molar-refractivity contribution in [2.75, 3.05) is 12.4 Å². The summed E-state index contributed by atoms with van der Waals surface area (Å²) in [6, 6.07) is 0.690. The van der Waals surface area contributed by atoms with E-state index >= 15 is 0 Å². The number of aromatic nitrogens is 2. The van der Waals surface area contributed by atoms with Crippen molar-refractivity contribution in [3.8, 4) is 0 Å². The highest BCUT2D eigenvalue weighted by Crippen LogP contribution is 2.27. The fourth-order valence-electron chi connectivity index (χ4n) is 3.16. The lowest BCUT2D eigenvalue weighted by atomic mass is 9.94. The molecule has 114 valence electrons. The molecule has 2 rings (SSSR count). The number of hydrogen-bond acceptors (Lipinski definition) is 2. The van der Waals surface area contributed by atoms with E-state index in [1.165, 1.54) is 37.8 Å². The number of alkyl halides is 1. The number of nitrogens with zero attached hydrogens (tertiary/aromatic N) is 3. The molecule has 0 atom stereocenters. The molecule has 0 bridgehead atoms. The second kappa shape index (κ2) is 7.81. The summed E-state index contributed by atoms with van der Waals surface area (Å²) in [5.41, 5.74) is 2.37. The van der Waals surface area contributed by atoms with Gasteiger partial charge in [0, 0.05) is 31.6 Å². The fraction of sp³-hybridized carbons (Fsp3) is 0.800. The first kappa shape index (κ1) is 16.3. The molecule has 1 saturated carbocycles. The summed E-state index contributed by atoms with van der Waals surface area (Å²) in [5, 5.41) is 4.60. The van der Waals surface area contributed by atoms with Crippen molar-refractivity contribution < 1.29 is 0 Å². The van der Waals surface area contributed by atoms with E-state index in [0.29, 0.717) is 11.9 Å². The van der Waals surface area contributed by atoms with Crippen LogP contribution in [0.3, 0.4) is 0 Å². The molecule has 3 nitrogen and oxygen atoms in total. The summed E-state index contributed by atoms with van der Waals surface area (Å²) in [6.07, 6.45) is 6.73.